The lowest BCUT2D eigenvalue weighted by Gasteiger charge is -2.36. The van der Waals surface area contributed by atoms with Crippen LogP contribution in [0.2, 0.25) is 0 Å². The molecule has 0 spiro atoms. The van der Waals surface area contributed by atoms with E-state index in [0.717, 1.165) is 0 Å². The van der Waals surface area contributed by atoms with E-state index < -0.39 is 73.3 Å². The minimum absolute atomic E-state index is 0.403. The highest BCUT2D eigenvalue weighted by molar-refractivity contribution is 5.82. The monoisotopic (exact) mass is 337 g/mol. The maximum Gasteiger partial charge on any atom is 0.249 e. The average molecular weight is 337 g/mol. The van der Waals surface area contributed by atoms with Gasteiger partial charge in [-0.15, -0.1) is 0 Å². The molecule has 5 nitrogen and oxygen atoms in total. The van der Waals surface area contributed by atoms with Crippen LogP contribution in [0.1, 0.15) is 25.7 Å². The van der Waals surface area contributed by atoms with Crippen molar-refractivity contribution in [3.8, 4) is 0 Å². The van der Waals surface area contributed by atoms with Crippen LogP contribution in [0.15, 0.2) is 0 Å². The average Bonchev–Trinajstić information content (AvgIpc) is 2.80. The zero-order valence-corrected chi connectivity index (χ0v) is 12.4. The summed E-state index contributed by atoms with van der Waals surface area (Å²) >= 11 is 0. The quantitative estimate of drug-likeness (QED) is 0.660. The van der Waals surface area contributed by atoms with Crippen LogP contribution >= 0.6 is 0 Å². The normalized spacial score (nSPS) is 32.7. The molecule has 0 radical (unpaired) electrons. The second-order valence-electron chi connectivity index (χ2n) is 6.81. The molecule has 0 aromatic heterocycles. The van der Waals surface area contributed by atoms with E-state index in [4.69, 9.17) is 0 Å². The Kier molecular flexibility index (Phi) is 4.02. The zero-order valence-electron chi connectivity index (χ0n) is 12.4. The van der Waals surface area contributed by atoms with E-state index in [1.54, 1.807) is 0 Å². The van der Waals surface area contributed by atoms with Crippen LogP contribution in [0.5, 0.6) is 0 Å². The smallest absolute Gasteiger partial charge is 0.249 e. The Morgan fingerprint density at radius 3 is 1.43 bits per heavy atom. The molecule has 3 aliphatic rings. The Hall–Kier alpha value is -1.38. The molecule has 3 N–H and O–H groups in total. The van der Waals surface area contributed by atoms with E-state index in [1.165, 1.54) is 0 Å². The minimum Gasteiger partial charge on any atom is -0.350 e. The van der Waals surface area contributed by atoms with Crippen LogP contribution in [0.4, 0.5) is 17.6 Å². The Balaban J connectivity index is 1.46. The number of hydrogen-bond acceptors (Lipinski definition) is 3. The summed E-state index contributed by atoms with van der Waals surface area (Å²) in [5.74, 6) is -7.82. The maximum atomic E-state index is 12.8. The first-order valence-corrected chi connectivity index (χ1v) is 7.72. The van der Waals surface area contributed by atoms with Crippen LogP contribution in [-0.2, 0) is 9.59 Å². The second-order valence-corrected chi connectivity index (χ2v) is 6.81. The standard InChI is InChI=1S/C14H19F4N3O2/c15-13(16)1-7(2-13)11(22)20-9-5-19-6-10(9)21-12(23)8-3-14(17,18)4-8/h7-10,19H,1-6H2,(H,20,22)(H,21,23)/t9-,10-/m1/s1. The highest BCUT2D eigenvalue weighted by Gasteiger charge is 2.50. The second kappa shape index (κ2) is 5.61. The molecule has 1 heterocycles. The molecule has 2 amide bonds. The van der Waals surface area contributed by atoms with E-state index in [9.17, 15) is 27.2 Å². The lowest BCUT2D eigenvalue weighted by molar-refractivity contribution is -0.152. The van der Waals surface area contributed by atoms with Crippen LogP contribution in [0.25, 0.3) is 0 Å². The van der Waals surface area contributed by atoms with Crippen LogP contribution < -0.4 is 16.0 Å². The van der Waals surface area contributed by atoms with Crippen molar-refractivity contribution in [3.05, 3.63) is 0 Å². The molecule has 130 valence electrons. The Morgan fingerprint density at radius 2 is 1.13 bits per heavy atom. The van der Waals surface area contributed by atoms with Gasteiger partial charge in [0, 0.05) is 50.6 Å². The van der Waals surface area contributed by atoms with E-state index in [1.807, 2.05) is 0 Å². The fourth-order valence-corrected chi connectivity index (χ4v) is 3.28. The van der Waals surface area contributed by atoms with Crippen molar-refractivity contribution in [1.29, 1.82) is 0 Å². The van der Waals surface area contributed by atoms with Gasteiger partial charge >= 0.3 is 0 Å². The SMILES string of the molecule is O=C(N[C@@H]1CNC[C@H]1NC(=O)C1CC(F)(F)C1)C1CC(F)(F)C1. The van der Waals surface area contributed by atoms with E-state index in [2.05, 4.69) is 16.0 Å². The lowest BCUT2D eigenvalue weighted by Crippen LogP contribution is -2.56. The van der Waals surface area contributed by atoms with Crippen molar-refractivity contribution in [2.24, 2.45) is 11.8 Å². The van der Waals surface area contributed by atoms with Gasteiger partial charge in [0.1, 0.15) is 0 Å². The van der Waals surface area contributed by atoms with Gasteiger partial charge in [-0.1, -0.05) is 0 Å². The number of hydrogen-bond donors (Lipinski definition) is 3. The summed E-state index contributed by atoms with van der Waals surface area (Å²) in [5, 5.41) is 8.33. The number of amides is 2. The molecule has 3 rings (SSSR count). The molecule has 9 heteroatoms. The van der Waals surface area contributed by atoms with Gasteiger partial charge in [0.2, 0.25) is 23.7 Å². The Bertz CT molecular complexity index is 454. The molecule has 23 heavy (non-hydrogen) atoms. The van der Waals surface area contributed by atoms with Crippen molar-refractivity contribution in [2.45, 2.75) is 49.6 Å². The molecule has 0 aromatic carbocycles. The molecule has 2 saturated carbocycles. The predicted octanol–water partition coefficient (Wildman–Crippen LogP) is 0.650. The van der Waals surface area contributed by atoms with Gasteiger partial charge in [-0.3, -0.25) is 9.59 Å². The minimum atomic E-state index is -2.76. The summed E-state index contributed by atoms with van der Waals surface area (Å²) in [6, 6.07) is -0.831. The van der Waals surface area contributed by atoms with Crippen LogP contribution in [0, 0.1) is 11.8 Å². The zero-order chi connectivity index (χ0) is 16.8. The Labute approximate surface area is 130 Å². The first kappa shape index (κ1) is 16.5. The van der Waals surface area contributed by atoms with Gasteiger partial charge in [-0.05, 0) is 0 Å². The largest absolute Gasteiger partial charge is 0.350 e. The fraction of sp³-hybridized carbons (Fsp3) is 0.857. The van der Waals surface area contributed by atoms with Gasteiger partial charge < -0.3 is 16.0 Å². The third kappa shape index (κ3) is 3.59. The molecule has 0 bridgehead atoms. The van der Waals surface area contributed by atoms with Crippen molar-refractivity contribution in [2.75, 3.05) is 13.1 Å². The summed E-state index contributed by atoms with van der Waals surface area (Å²) in [6.45, 7) is 0.807. The maximum absolute atomic E-state index is 12.8. The van der Waals surface area contributed by atoms with Gasteiger partial charge in [-0.2, -0.15) is 0 Å². The molecule has 2 atom stereocenters. The summed E-state index contributed by atoms with van der Waals surface area (Å²) in [7, 11) is 0. The van der Waals surface area contributed by atoms with Gasteiger partial charge in [0.25, 0.3) is 0 Å². The number of carbonyl (C=O) groups excluding carboxylic acids is 2. The van der Waals surface area contributed by atoms with Gasteiger partial charge in [-0.25, -0.2) is 17.6 Å². The number of rotatable bonds is 4. The number of alkyl halides is 4. The number of nitrogens with one attached hydrogen (secondary N) is 3. The van der Waals surface area contributed by atoms with E-state index in [0.29, 0.717) is 13.1 Å². The Morgan fingerprint density at radius 1 is 0.783 bits per heavy atom. The molecule has 3 fully saturated rings. The summed E-state index contributed by atoms with van der Waals surface area (Å²) in [4.78, 5) is 23.8. The summed E-state index contributed by atoms with van der Waals surface area (Å²) in [6.07, 6.45) is -1.80. The first-order valence-electron chi connectivity index (χ1n) is 7.72. The summed E-state index contributed by atoms with van der Waals surface area (Å²) in [5.41, 5.74) is 0. The lowest BCUT2D eigenvalue weighted by atomic mass is 9.80. The van der Waals surface area contributed by atoms with Crippen molar-refractivity contribution in [1.82, 2.24) is 16.0 Å². The third-order valence-corrected chi connectivity index (χ3v) is 4.79. The number of halogens is 4. The van der Waals surface area contributed by atoms with E-state index >= 15 is 0 Å². The number of carbonyl (C=O) groups is 2. The molecular weight excluding hydrogens is 318 g/mol. The fourth-order valence-electron chi connectivity index (χ4n) is 3.28. The van der Waals surface area contributed by atoms with Crippen molar-refractivity contribution in [3.63, 3.8) is 0 Å². The van der Waals surface area contributed by atoms with E-state index in [-0.39, 0.29) is 0 Å². The highest BCUT2D eigenvalue weighted by Crippen LogP contribution is 2.43. The molecule has 1 aliphatic heterocycles. The van der Waals surface area contributed by atoms with Crippen LogP contribution in [0.3, 0.4) is 0 Å². The van der Waals surface area contributed by atoms with Gasteiger partial charge in [0.15, 0.2) is 0 Å². The highest BCUT2D eigenvalue weighted by atomic mass is 19.3. The first-order chi connectivity index (χ1) is 10.7. The predicted molar refractivity (Wildman–Crippen MR) is 72.1 cm³/mol. The molecular formula is C14H19F4N3O2. The molecule has 2 aliphatic carbocycles. The summed E-state index contributed by atoms with van der Waals surface area (Å²) < 4.78 is 51.2. The van der Waals surface area contributed by atoms with Crippen molar-refractivity contribution < 1.29 is 27.2 Å². The van der Waals surface area contributed by atoms with Crippen LogP contribution in [-0.4, -0.2) is 48.8 Å². The topological polar surface area (TPSA) is 70.2 Å². The third-order valence-electron chi connectivity index (χ3n) is 4.79. The van der Waals surface area contributed by atoms with Gasteiger partial charge in [0.05, 0.1) is 12.1 Å². The molecule has 1 saturated heterocycles. The molecule has 0 aromatic rings. The van der Waals surface area contributed by atoms with Crippen molar-refractivity contribution >= 4 is 11.8 Å². The molecule has 0 unspecified atom stereocenters.